The van der Waals surface area contributed by atoms with E-state index in [9.17, 15) is 4.79 Å². The van der Waals surface area contributed by atoms with Crippen LogP contribution in [0.15, 0.2) is 48.5 Å². The Labute approximate surface area is 110 Å². The van der Waals surface area contributed by atoms with Gasteiger partial charge in [0, 0.05) is 0 Å². The van der Waals surface area contributed by atoms with E-state index in [-0.39, 0.29) is 12.2 Å². The van der Waals surface area contributed by atoms with Crippen LogP contribution in [0.3, 0.4) is 0 Å². The second-order valence-electron chi connectivity index (χ2n) is 3.90. The summed E-state index contributed by atoms with van der Waals surface area (Å²) in [5.41, 5.74) is 1.42. The number of ether oxygens (including phenoxy) is 1. The van der Waals surface area contributed by atoms with Gasteiger partial charge in [0.15, 0.2) is 0 Å². The highest BCUT2D eigenvalue weighted by atomic mass is 16.5. The number of benzene rings is 2. The molecule has 0 bridgehead atoms. The van der Waals surface area contributed by atoms with Gasteiger partial charge in [0.2, 0.25) is 0 Å². The number of aromatic carboxylic acids is 1. The van der Waals surface area contributed by atoms with E-state index in [4.69, 9.17) is 15.1 Å². The van der Waals surface area contributed by atoms with Gasteiger partial charge < -0.3 is 9.84 Å². The largest absolute Gasteiger partial charge is 0.488 e. The zero-order valence-electron chi connectivity index (χ0n) is 10.0. The maximum atomic E-state index is 10.8. The van der Waals surface area contributed by atoms with Gasteiger partial charge >= 0.3 is 5.97 Å². The number of carbonyl (C=O) groups is 1. The molecule has 0 unspecified atom stereocenters. The fourth-order valence-corrected chi connectivity index (χ4v) is 1.64. The minimum atomic E-state index is -0.973. The Morgan fingerprint density at radius 2 is 2.00 bits per heavy atom. The van der Waals surface area contributed by atoms with E-state index in [1.54, 1.807) is 42.5 Å². The third-order valence-electron chi connectivity index (χ3n) is 2.58. The van der Waals surface area contributed by atoms with Gasteiger partial charge in [-0.3, -0.25) is 0 Å². The van der Waals surface area contributed by atoms with E-state index in [1.165, 1.54) is 6.07 Å². The summed E-state index contributed by atoms with van der Waals surface area (Å²) in [4.78, 5) is 10.8. The molecule has 0 saturated carbocycles. The number of nitrogens with zero attached hydrogens (tertiary/aromatic N) is 1. The molecule has 0 aliphatic heterocycles. The summed E-state index contributed by atoms with van der Waals surface area (Å²) in [6.07, 6.45) is 0. The Morgan fingerprint density at radius 1 is 1.21 bits per heavy atom. The average Bonchev–Trinajstić information content (AvgIpc) is 2.45. The Hall–Kier alpha value is -2.80. The molecule has 0 fully saturated rings. The first-order valence-corrected chi connectivity index (χ1v) is 5.65. The lowest BCUT2D eigenvalue weighted by Crippen LogP contribution is -2.01. The molecule has 0 amide bonds. The van der Waals surface area contributed by atoms with Crippen molar-refractivity contribution in [2.24, 2.45) is 0 Å². The molecule has 0 spiro atoms. The van der Waals surface area contributed by atoms with E-state index >= 15 is 0 Å². The Bertz CT molecular complexity index is 644. The van der Waals surface area contributed by atoms with Crippen LogP contribution in [0.5, 0.6) is 5.75 Å². The van der Waals surface area contributed by atoms with Crippen molar-refractivity contribution in [3.8, 4) is 11.8 Å². The summed E-state index contributed by atoms with van der Waals surface area (Å²) in [5, 5.41) is 17.8. The van der Waals surface area contributed by atoms with Crippen LogP contribution in [0.1, 0.15) is 21.5 Å². The van der Waals surface area contributed by atoms with E-state index in [2.05, 4.69) is 0 Å². The zero-order valence-corrected chi connectivity index (χ0v) is 10.0. The van der Waals surface area contributed by atoms with Gasteiger partial charge in [-0.1, -0.05) is 24.3 Å². The highest BCUT2D eigenvalue weighted by molar-refractivity contribution is 5.87. The van der Waals surface area contributed by atoms with Crippen molar-refractivity contribution < 1.29 is 14.6 Å². The Balaban J connectivity index is 2.13. The van der Waals surface area contributed by atoms with Gasteiger partial charge in [0.05, 0.1) is 11.1 Å². The number of hydrogen-bond acceptors (Lipinski definition) is 3. The van der Waals surface area contributed by atoms with Crippen molar-refractivity contribution in [1.82, 2.24) is 0 Å². The van der Waals surface area contributed by atoms with Crippen LogP contribution in [-0.2, 0) is 6.61 Å². The van der Waals surface area contributed by atoms with E-state index in [0.717, 1.165) is 5.56 Å². The summed E-state index contributed by atoms with van der Waals surface area (Å²) >= 11 is 0. The first-order chi connectivity index (χ1) is 9.20. The topological polar surface area (TPSA) is 70.3 Å². The molecule has 19 heavy (non-hydrogen) atoms. The smallest absolute Gasteiger partial charge is 0.335 e. The molecule has 0 aliphatic carbocycles. The van der Waals surface area contributed by atoms with Crippen LogP contribution in [0, 0.1) is 11.3 Å². The van der Waals surface area contributed by atoms with Crippen molar-refractivity contribution in [2.75, 3.05) is 0 Å². The molecule has 0 radical (unpaired) electrons. The first-order valence-electron chi connectivity index (χ1n) is 5.65. The summed E-state index contributed by atoms with van der Waals surface area (Å²) < 4.78 is 5.53. The highest BCUT2D eigenvalue weighted by Gasteiger charge is 2.05. The van der Waals surface area contributed by atoms with Crippen molar-refractivity contribution in [1.29, 1.82) is 5.26 Å². The number of nitriles is 1. The second-order valence-corrected chi connectivity index (χ2v) is 3.90. The highest BCUT2D eigenvalue weighted by Crippen LogP contribution is 2.18. The molecule has 0 heterocycles. The Morgan fingerprint density at radius 3 is 2.74 bits per heavy atom. The van der Waals surface area contributed by atoms with Crippen molar-refractivity contribution >= 4 is 5.97 Å². The van der Waals surface area contributed by atoms with Crippen LogP contribution in [-0.4, -0.2) is 11.1 Å². The molecule has 0 atom stereocenters. The maximum absolute atomic E-state index is 10.8. The molecule has 0 aliphatic rings. The molecule has 2 aromatic carbocycles. The molecule has 0 saturated heterocycles. The van der Waals surface area contributed by atoms with Gasteiger partial charge in [0.1, 0.15) is 18.4 Å². The third kappa shape index (κ3) is 3.11. The third-order valence-corrected chi connectivity index (χ3v) is 2.58. The lowest BCUT2D eigenvalue weighted by molar-refractivity contribution is 0.0696. The Kier molecular flexibility index (Phi) is 3.79. The minimum Gasteiger partial charge on any atom is -0.488 e. The van der Waals surface area contributed by atoms with Gasteiger partial charge in [0.25, 0.3) is 0 Å². The molecule has 94 valence electrons. The summed E-state index contributed by atoms with van der Waals surface area (Å²) in [5.74, 6) is -0.481. The zero-order chi connectivity index (χ0) is 13.7. The molecule has 4 nitrogen and oxygen atoms in total. The minimum absolute atomic E-state index is 0.217. The number of carboxylic acid groups (broad SMARTS) is 1. The van der Waals surface area contributed by atoms with Gasteiger partial charge in [-0.05, 0) is 29.8 Å². The maximum Gasteiger partial charge on any atom is 0.335 e. The number of hydrogen-bond donors (Lipinski definition) is 1. The summed E-state index contributed by atoms with van der Waals surface area (Å²) in [6.45, 7) is 0.222. The molecule has 2 rings (SSSR count). The number of carboxylic acids is 1. The second kappa shape index (κ2) is 5.69. The van der Waals surface area contributed by atoms with Crippen molar-refractivity contribution in [3.63, 3.8) is 0 Å². The predicted molar refractivity (Wildman–Crippen MR) is 68.9 cm³/mol. The molecule has 4 heteroatoms. The summed E-state index contributed by atoms with van der Waals surface area (Å²) in [7, 11) is 0. The van der Waals surface area contributed by atoms with Gasteiger partial charge in [-0.2, -0.15) is 5.26 Å². The average molecular weight is 253 g/mol. The SMILES string of the molecule is N#Cc1ccccc1OCc1cccc(C(=O)O)c1. The van der Waals surface area contributed by atoms with Crippen LogP contribution >= 0.6 is 0 Å². The molecular formula is C15H11NO3. The summed E-state index contributed by atoms with van der Waals surface area (Å²) in [6, 6.07) is 15.5. The predicted octanol–water partition coefficient (Wildman–Crippen LogP) is 2.84. The molecular weight excluding hydrogens is 242 g/mol. The molecule has 0 aromatic heterocycles. The fourth-order valence-electron chi connectivity index (χ4n) is 1.64. The molecule has 1 N–H and O–H groups in total. The van der Waals surface area contributed by atoms with E-state index < -0.39 is 5.97 Å². The van der Waals surface area contributed by atoms with Crippen LogP contribution < -0.4 is 4.74 Å². The van der Waals surface area contributed by atoms with Gasteiger partial charge in [-0.15, -0.1) is 0 Å². The number of rotatable bonds is 4. The normalized spacial score (nSPS) is 9.63. The number of para-hydroxylation sites is 1. The van der Waals surface area contributed by atoms with E-state index in [1.807, 2.05) is 6.07 Å². The molecule has 2 aromatic rings. The van der Waals surface area contributed by atoms with Crippen LogP contribution in [0.25, 0.3) is 0 Å². The fraction of sp³-hybridized carbons (Fsp3) is 0.0667. The lowest BCUT2D eigenvalue weighted by Gasteiger charge is -2.08. The standard InChI is InChI=1S/C15H11NO3/c16-9-13-5-1-2-7-14(13)19-10-11-4-3-6-12(8-11)15(17)18/h1-8H,10H2,(H,17,18). The van der Waals surface area contributed by atoms with Crippen LogP contribution in [0.2, 0.25) is 0 Å². The monoisotopic (exact) mass is 253 g/mol. The quantitative estimate of drug-likeness (QED) is 0.909. The van der Waals surface area contributed by atoms with E-state index in [0.29, 0.717) is 11.3 Å². The van der Waals surface area contributed by atoms with Gasteiger partial charge in [-0.25, -0.2) is 4.79 Å². The lowest BCUT2D eigenvalue weighted by atomic mass is 10.1. The van der Waals surface area contributed by atoms with Crippen molar-refractivity contribution in [2.45, 2.75) is 6.61 Å². The van der Waals surface area contributed by atoms with Crippen molar-refractivity contribution in [3.05, 3.63) is 65.2 Å². The van der Waals surface area contributed by atoms with Crippen LogP contribution in [0.4, 0.5) is 0 Å². The first kappa shape index (κ1) is 12.7.